The maximum atomic E-state index is 13.2. The third-order valence-electron chi connectivity index (χ3n) is 4.69. The lowest BCUT2D eigenvalue weighted by atomic mass is 10.1. The van der Waals surface area contributed by atoms with E-state index in [1.165, 1.54) is 6.07 Å². The summed E-state index contributed by atoms with van der Waals surface area (Å²) in [5.41, 5.74) is 4.28. The van der Waals surface area contributed by atoms with Crippen LogP contribution in [0.3, 0.4) is 0 Å². The van der Waals surface area contributed by atoms with E-state index in [0.717, 1.165) is 60.0 Å². The van der Waals surface area contributed by atoms with Crippen LogP contribution in [-0.2, 0) is 13.0 Å². The Kier molecular flexibility index (Phi) is 8.22. The van der Waals surface area contributed by atoms with Crippen LogP contribution in [0, 0.1) is 19.7 Å². The summed E-state index contributed by atoms with van der Waals surface area (Å²) < 4.78 is 15.4. The van der Waals surface area contributed by atoms with E-state index >= 15 is 0 Å². The number of aliphatic imine (C=N–C) groups is 1. The van der Waals surface area contributed by atoms with Crippen LogP contribution in [-0.4, -0.2) is 35.6 Å². The Morgan fingerprint density at radius 2 is 1.86 bits per heavy atom. The van der Waals surface area contributed by atoms with Crippen molar-refractivity contribution in [2.24, 2.45) is 4.99 Å². The predicted octanol–water partition coefficient (Wildman–Crippen LogP) is 3.82. The van der Waals surface area contributed by atoms with Crippen LogP contribution in [0.25, 0.3) is 11.0 Å². The number of hydrogen-bond acceptors (Lipinski definition) is 2. The molecule has 2 aromatic carbocycles. The average molecular weight is 495 g/mol. The van der Waals surface area contributed by atoms with E-state index in [4.69, 9.17) is 0 Å². The Morgan fingerprint density at radius 3 is 2.61 bits per heavy atom. The number of hydrogen-bond donors (Lipinski definition) is 2. The molecule has 0 bridgehead atoms. The Labute approximate surface area is 182 Å². The zero-order chi connectivity index (χ0) is 19.2. The van der Waals surface area contributed by atoms with E-state index in [2.05, 4.69) is 31.2 Å². The van der Waals surface area contributed by atoms with Crippen molar-refractivity contribution < 1.29 is 4.39 Å². The maximum absolute atomic E-state index is 13.2. The van der Waals surface area contributed by atoms with Gasteiger partial charge in [0, 0.05) is 26.7 Å². The minimum absolute atomic E-state index is 0. The highest BCUT2D eigenvalue weighted by Crippen LogP contribution is 2.14. The molecule has 0 aliphatic carbocycles. The van der Waals surface area contributed by atoms with Crippen LogP contribution in [0.4, 0.5) is 4.39 Å². The van der Waals surface area contributed by atoms with Crippen molar-refractivity contribution in [2.45, 2.75) is 26.8 Å². The highest BCUT2D eigenvalue weighted by atomic mass is 127. The second-order valence-corrected chi connectivity index (χ2v) is 6.55. The van der Waals surface area contributed by atoms with Gasteiger partial charge in [0.05, 0.1) is 11.0 Å². The van der Waals surface area contributed by atoms with Gasteiger partial charge in [-0.1, -0.05) is 18.2 Å². The van der Waals surface area contributed by atoms with Crippen molar-refractivity contribution in [2.75, 3.05) is 20.1 Å². The number of nitrogens with one attached hydrogen (secondary N) is 2. The number of rotatable bonds is 6. The van der Waals surface area contributed by atoms with Crippen LogP contribution in [0.15, 0.2) is 47.5 Å². The molecule has 28 heavy (non-hydrogen) atoms. The Balaban J connectivity index is 0.00000280. The van der Waals surface area contributed by atoms with E-state index in [0.29, 0.717) is 0 Å². The smallest absolute Gasteiger partial charge is 0.191 e. The SMILES string of the molecule is CN=C(NCCc1ccc(F)cc1C)NCCn1c(C)nc2ccccc21.I. The molecular weight excluding hydrogens is 468 g/mol. The Bertz CT molecular complexity index is 951. The van der Waals surface area contributed by atoms with Crippen molar-refractivity contribution in [1.29, 1.82) is 0 Å². The standard InChI is InChI=1S/C21H26FN5.HI/c1-15-14-18(22)9-8-17(15)10-11-24-21(23-3)25-12-13-27-16(2)26-19-6-4-5-7-20(19)27;/h4-9,14H,10-13H2,1-3H3,(H2,23,24,25);1H. The van der Waals surface area contributed by atoms with Crippen LogP contribution < -0.4 is 10.6 Å². The number of imidazole rings is 1. The van der Waals surface area contributed by atoms with E-state index in [1.54, 1.807) is 13.1 Å². The molecule has 0 unspecified atom stereocenters. The molecule has 3 rings (SSSR count). The number of nitrogens with zero attached hydrogens (tertiary/aromatic N) is 3. The van der Waals surface area contributed by atoms with Gasteiger partial charge >= 0.3 is 0 Å². The molecule has 0 atom stereocenters. The number of aromatic nitrogens is 2. The van der Waals surface area contributed by atoms with E-state index < -0.39 is 0 Å². The van der Waals surface area contributed by atoms with Crippen LogP contribution in [0.1, 0.15) is 17.0 Å². The maximum Gasteiger partial charge on any atom is 0.191 e. The zero-order valence-corrected chi connectivity index (χ0v) is 18.8. The summed E-state index contributed by atoms with van der Waals surface area (Å²) in [7, 11) is 1.76. The van der Waals surface area contributed by atoms with E-state index in [1.807, 2.05) is 38.1 Å². The number of benzene rings is 2. The monoisotopic (exact) mass is 495 g/mol. The van der Waals surface area contributed by atoms with Gasteiger partial charge in [-0.25, -0.2) is 9.37 Å². The number of halogens is 2. The highest BCUT2D eigenvalue weighted by molar-refractivity contribution is 14.0. The fourth-order valence-corrected chi connectivity index (χ4v) is 3.24. The topological polar surface area (TPSA) is 54.2 Å². The summed E-state index contributed by atoms with van der Waals surface area (Å²) >= 11 is 0. The van der Waals surface area contributed by atoms with Crippen molar-refractivity contribution in [1.82, 2.24) is 20.2 Å². The number of fused-ring (bicyclic) bond motifs is 1. The summed E-state index contributed by atoms with van der Waals surface area (Å²) in [4.78, 5) is 8.86. The van der Waals surface area contributed by atoms with Gasteiger partial charge < -0.3 is 15.2 Å². The second-order valence-electron chi connectivity index (χ2n) is 6.55. The molecule has 1 heterocycles. The molecule has 2 N–H and O–H groups in total. The molecule has 0 radical (unpaired) electrons. The fourth-order valence-electron chi connectivity index (χ4n) is 3.24. The molecule has 0 saturated heterocycles. The Hall–Kier alpha value is -2.16. The molecule has 0 aliphatic heterocycles. The first-order valence-electron chi connectivity index (χ1n) is 9.20. The van der Waals surface area contributed by atoms with Crippen LogP contribution >= 0.6 is 24.0 Å². The summed E-state index contributed by atoms with van der Waals surface area (Å²) in [6, 6.07) is 13.1. The Morgan fingerprint density at radius 1 is 1.11 bits per heavy atom. The van der Waals surface area contributed by atoms with Gasteiger partial charge in [0.2, 0.25) is 0 Å². The molecule has 0 aliphatic rings. The molecule has 0 amide bonds. The minimum atomic E-state index is -0.191. The van der Waals surface area contributed by atoms with Crippen molar-refractivity contribution >= 4 is 41.0 Å². The van der Waals surface area contributed by atoms with Gasteiger partial charge in [-0.05, 0) is 55.7 Å². The van der Waals surface area contributed by atoms with Crippen molar-refractivity contribution in [3.63, 3.8) is 0 Å². The normalized spacial score (nSPS) is 11.4. The lowest BCUT2D eigenvalue weighted by Gasteiger charge is -2.14. The summed E-state index contributed by atoms with van der Waals surface area (Å²) in [6.45, 7) is 6.25. The van der Waals surface area contributed by atoms with E-state index in [-0.39, 0.29) is 29.8 Å². The fraction of sp³-hybridized carbons (Fsp3) is 0.333. The number of para-hydroxylation sites is 2. The molecule has 0 spiro atoms. The first kappa shape index (κ1) is 22.1. The summed E-state index contributed by atoms with van der Waals surface area (Å²) in [6.07, 6.45) is 0.818. The molecule has 1 aromatic heterocycles. The minimum Gasteiger partial charge on any atom is -0.356 e. The third kappa shape index (κ3) is 5.43. The largest absolute Gasteiger partial charge is 0.356 e. The van der Waals surface area contributed by atoms with Gasteiger partial charge in [-0.15, -0.1) is 24.0 Å². The quantitative estimate of drug-likeness (QED) is 0.311. The third-order valence-corrected chi connectivity index (χ3v) is 4.69. The van der Waals surface area contributed by atoms with Crippen LogP contribution in [0.5, 0.6) is 0 Å². The molecule has 0 fully saturated rings. The lowest BCUT2D eigenvalue weighted by molar-refractivity contribution is 0.625. The van der Waals surface area contributed by atoms with Gasteiger partial charge in [0.15, 0.2) is 5.96 Å². The van der Waals surface area contributed by atoms with Crippen molar-refractivity contribution in [3.8, 4) is 0 Å². The lowest BCUT2D eigenvalue weighted by Crippen LogP contribution is -2.39. The first-order chi connectivity index (χ1) is 13.1. The van der Waals surface area contributed by atoms with Gasteiger partial charge in [0.1, 0.15) is 11.6 Å². The highest BCUT2D eigenvalue weighted by Gasteiger charge is 2.06. The molecule has 150 valence electrons. The average Bonchev–Trinajstić information content (AvgIpc) is 2.97. The van der Waals surface area contributed by atoms with Gasteiger partial charge in [-0.3, -0.25) is 4.99 Å². The predicted molar refractivity (Wildman–Crippen MR) is 124 cm³/mol. The number of aryl methyl sites for hydroxylation is 2. The molecule has 3 aromatic rings. The summed E-state index contributed by atoms with van der Waals surface area (Å²) in [5.74, 6) is 1.58. The van der Waals surface area contributed by atoms with Gasteiger partial charge in [0.25, 0.3) is 0 Å². The zero-order valence-electron chi connectivity index (χ0n) is 16.5. The van der Waals surface area contributed by atoms with Crippen LogP contribution in [0.2, 0.25) is 0 Å². The van der Waals surface area contributed by atoms with Crippen molar-refractivity contribution in [3.05, 3.63) is 65.2 Å². The number of guanidine groups is 1. The van der Waals surface area contributed by atoms with Gasteiger partial charge in [-0.2, -0.15) is 0 Å². The molecule has 0 saturated carbocycles. The summed E-state index contributed by atoms with van der Waals surface area (Å²) in [5, 5.41) is 6.65. The molecular formula is C21H27FIN5. The molecule has 7 heteroatoms. The first-order valence-corrected chi connectivity index (χ1v) is 9.20. The van der Waals surface area contributed by atoms with E-state index in [9.17, 15) is 4.39 Å². The molecule has 5 nitrogen and oxygen atoms in total. The second kappa shape index (κ2) is 10.4.